The molecule has 42 heavy (non-hydrogen) atoms. The van der Waals surface area contributed by atoms with Crippen molar-refractivity contribution in [1.29, 1.82) is 0 Å². The summed E-state index contributed by atoms with van der Waals surface area (Å²) in [6, 6.07) is 4.08. The van der Waals surface area contributed by atoms with E-state index in [4.69, 9.17) is 9.72 Å². The lowest BCUT2D eigenvalue weighted by Gasteiger charge is -2.26. The van der Waals surface area contributed by atoms with Crippen molar-refractivity contribution in [1.82, 2.24) is 14.9 Å². The number of ether oxygens (including phenoxy) is 1. The third-order valence-electron chi connectivity index (χ3n) is 6.96. The molecule has 1 N–H and O–H groups in total. The molecule has 2 aliphatic rings. The minimum absolute atomic E-state index is 0.0441. The Balaban J connectivity index is 1.67. The van der Waals surface area contributed by atoms with Gasteiger partial charge in [-0.2, -0.15) is 26.3 Å². The first-order valence-electron chi connectivity index (χ1n) is 13.0. The third kappa shape index (κ3) is 6.86. The molecule has 8 nitrogen and oxygen atoms in total. The average Bonchev–Trinajstić information content (AvgIpc) is 3.18. The Morgan fingerprint density at radius 3 is 2.33 bits per heavy atom. The summed E-state index contributed by atoms with van der Waals surface area (Å²) in [7, 11) is -4.21. The molecule has 2 aliphatic heterocycles. The van der Waals surface area contributed by atoms with Crippen LogP contribution in [0.2, 0.25) is 0 Å². The first-order valence-corrected chi connectivity index (χ1v) is 15.3. The van der Waals surface area contributed by atoms with E-state index in [-0.39, 0.29) is 48.8 Å². The van der Waals surface area contributed by atoms with Gasteiger partial charge >= 0.3 is 11.7 Å². The largest absolute Gasteiger partial charge is 0.501 e. The number of fused-ring (bicyclic) bond motifs is 1. The average molecular weight is 638 g/mol. The van der Waals surface area contributed by atoms with Gasteiger partial charge in [-0.1, -0.05) is 17.8 Å². The van der Waals surface area contributed by atoms with Gasteiger partial charge in [0.1, 0.15) is 11.7 Å². The molecule has 0 aliphatic carbocycles. The lowest BCUT2D eigenvalue weighted by molar-refractivity contribution is -0.0871. The minimum Gasteiger partial charge on any atom is -0.377 e. The molecule has 2 atom stereocenters. The number of hydrogen-bond donors (Lipinski definition) is 1. The number of nitrogens with one attached hydrogen (secondary N) is 1. The SMILES string of the molecule is C/C=C(\C(=NC)N1CCc2nc(SC3CCOC3C)nc(Nc3ccc(S(=O)(=O)C(F)(F)F)cc3)c2CC1)C(F)(F)F. The van der Waals surface area contributed by atoms with E-state index >= 15 is 0 Å². The maximum atomic E-state index is 13.7. The van der Waals surface area contributed by atoms with Gasteiger partial charge in [-0.3, -0.25) is 4.99 Å². The lowest BCUT2D eigenvalue weighted by atomic mass is 10.1. The molecular formula is C26H29F6N5O3S2. The molecule has 0 amide bonds. The van der Waals surface area contributed by atoms with E-state index in [9.17, 15) is 34.8 Å². The number of thioether (sulfide) groups is 1. The van der Waals surface area contributed by atoms with Crippen molar-refractivity contribution in [2.45, 2.75) is 66.2 Å². The van der Waals surface area contributed by atoms with Crippen LogP contribution in [0.25, 0.3) is 0 Å². The highest BCUT2D eigenvalue weighted by Crippen LogP contribution is 2.36. The summed E-state index contributed by atoms with van der Waals surface area (Å²) in [5.74, 6) is 0.146. The van der Waals surface area contributed by atoms with Gasteiger partial charge in [0.25, 0.3) is 9.84 Å². The maximum Gasteiger partial charge on any atom is 0.501 e. The van der Waals surface area contributed by atoms with Crippen LogP contribution in [-0.4, -0.2) is 78.9 Å². The Kier molecular flexibility index (Phi) is 9.47. The first-order chi connectivity index (χ1) is 19.7. The third-order valence-corrected chi connectivity index (χ3v) is 9.78. The molecule has 3 heterocycles. The molecule has 1 fully saturated rings. The molecule has 2 aromatic rings. The Bertz CT molecular complexity index is 1460. The molecule has 230 valence electrons. The fourth-order valence-corrected chi connectivity index (χ4v) is 6.61. The van der Waals surface area contributed by atoms with Crippen molar-refractivity contribution >= 4 is 38.9 Å². The Morgan fingerprint density at radius 1 is 1.12 bits per heavy atom. The number of benzene rings is 1. The molecule has 1 aromatic heterocycles. The van der Waals surface area contributed by atoms with Gasteiger partial charge in [0.2, 0.25) is 0 Å². The second-order valence-corrected chi connectivity index (χ2v) is 12.8. The van der Waals surface area contributed by atoms with Gasteiger partial charge in [0.05, 0.1) is 22.3 Å². The standard InChI is InChI=1S/C26H29F6N5O3S2/c1-4-19(25(27,28)29)23(33-3)37-12-9-18-20(10-13-37)35-24(41-21-11-14-40-15(21)2)36-22(18)34-16-5-7-17(8-6-16)42(38,39)26(30,31)32/h4-8,15,21H,9-14H2,1-3H3,(H,34,35,36)/b19-4+,33-23?. The van der Waals surface area contributed by atoms with Crippen LogP contribution in [-0.2, 0) is 27.4 Å². The number of rotatable bonds is 6. The van der Waals surface area contributed by atoms with E-state index in [2.05, 4.69) is 15.3 Å². The van der Waals surface area contributed by atoms with E-state index in [0.717, 1.165) is 24.6 Å². The summed E-state index contributed by atoms with van der Waals surface area (Å²) in [5.41, 5.74) is -4.76. The molecular weight excluding hydrogens is 608 g/mol. The normalized spacial score (nSPS) is 20.8. The van der Waals surface area contributed by atoms with Crippen LogP contribution in [0.5, 0.6) is 0 Å². The predicted octanol–water partition coefficient (Wildman–Crippen LogP) is 5.72. The van der Waals surface area contributed by atoms with Gasteiger partial charge in [0, 0.05) is 49.7 Å². The van der Waals surface area contributed by atoms with Gasteiger partial charge in [-0.15, -0.1) is 0 Å². The summed E-state index contributed by atoms with van der Waals surface area (Å²) >= 11 is 1.41. The lowest BCUT2D eigenvalue weighted by Crippen LogP contribution is -2.38. The van der Waals surface area contributed by atoms with Crippen LogP contribution < -0.4 is 5.32 Å². The van der Waals surface area contributed by atoms with E-state index in [0.29, 0.717) is 28.8 Å². The van der Waals surface area contributed by atoms with Crippen LogP contribution in [0.1, 0.15) is 31.5 Å². The van der Waals surface area contributed by atoms with Crippen molar-refractivity contribution in [3.05, 3.63) is 47.2 Å². The van der Waals surface area contributed by atoms with Crippen LogP contribution in [0.3, 0.4) is 0 Å². The molecule has 16 heteroatoms. The predicted molar refractivity (Wildman–Crippen MR) is 147 cm³/mol. The quantitative estimate of drug-likeness (QED) is 0.186. The number of alkyl halides is 6. The van der Waals surface area contributed by atoms with E-state index < -0.39 is 32.0 Å². The Labute approximate surface area is 243 Å². The summed E-state index contributed by atoms with van der Waals surface area (Å²) in [6.45, 7) is 4.21. The van der Waals surface area contributed by atoms with Crippen LogP contribution in [0, 0.1) is 0 Å². The summed E-state index contributed by atoms with van der Waals surface area (Å²) in [5, 5.41) is 3.55. The number of allylic oxidation sites excluding steroid dienone is 1. The first kappa shape index (κ1) is 32.1. The van der Waals surface area contributed by atoms with Crippen molar-refractivity contribution in [2.24, 2.45) is 4.99 Å². The fraction of sp³-hybridized carbons (Fsp3) is 0.500. The zero-order valence-electron chi connectivity index (χ0n) is 22.9. The highest BCUT2D eigenvalue weighted by Gasteiger charge is 2.46. The van der Waals surface area contributed by atoms with E-state index in [1.807, 2.05) is 6.92 Å². The number of nitrogens with zero attached hydrogens (tertiary/aromatic N) is 4. The van der Waals surface area contributed by atoms with Gasteiger partial charge in [0.15, 0.2) is 5.16 Å². The van der Waals surface area contributed by atoms with Gasteiger partial charge in [-0.05, 0) is 51.0 Å². The number of hydrogen-bond acceptors (Lipinski definition) is 8. The fourth-order valence-electron chi connectivity index (χ4n) is 4.79. The van der Waals surface area contributed by atoms with Gasteiger partial charge < -0.3 is 15.0 Å². The van der Waals surface area contributed by atoms with E-state index in [1.54, 1.807) is 4.90 Å². The summed E-state index contributed by atoms with van der Waals surface area (Å²) in [4.78, 5) is 14.0. The number of anilines is 2. The summed E-state index contributed by atoms with van der Waals surface area (Å²) < 4.78 is 109. The molecule has 0 saturated carbocycles. The van der Waals surface area contributed by atoms with Crippen molar-refractivity contribution in [2.75, 3.05) is 32.1 Å². The van der Waals surface area contributed by atoms with E-state index in [1.165, 1.54) is 37.9 Å². The Hall–Kier alpha value is -2.85. The van der Waals surface area contributed by atoms with Gasteiger partial charge in [-0.25, -0.2) is 18.4 Å². The highest BCUT2D eigenvalue weighted by atomic mass is 32.2. The highest BCUT2D eigenvalue weighted by molar-refractivity contribution is 7.99. The van der Waals surface area contributed by atoms with Crippen molar-refractivity contribution in [3.63, 3.8) is 0 Å². The molecule has 1 aromatic carbocycles. The summed E-state index contributed by atoms with van der Waals surface area (Å²) in [6.07, 6.45) is -2.34. The number of aliphatic imine (C=N–C) groups is 1. The smallest absolute Gasteiger partial charge is 0.377 e. The van der Waals surface area contributed by atoms with Crippen LogP contribution >= 0.6 is 11.8 Å². The Morgan fingerprint density at radius 2 is 1.79 bits per heavy atom. The van der Waals surface area contributed by atoms with Crippen molar-refractivity contribution < 1.29 is 39.5 Å². The van der Waals surface area contributed by atoms with Crippen molar-refractivity contribution in [3.8, 4) is 0 Å². The second-order valence-electron chi connectivity index (χ2n) is 9.63. The number of amidine groups is 1. The zero-order valence-corrected chi connectivity index (χ0v) is 24.5. The van der Waals surface area contributed by atoms with Crippen LogP contribution in [0.4, 0.5) is 37.8 Å². The molecule has 0 radical (unpaired) electrons. The molecule has 0 bridgehead atoms. The topological polar surface area (TPSA) is 96.8 Å². The monoisotopic (exact) mass is 637 g/mol. The number of sulfone groups is 1. The molecule has 0 spiro atoms. The molecule has 2 unspecified atom stereocenters. The molecule has 4 rings (SSSR count). The second kappa shape index (κ2) is 12.4. The van der Waals surface area contributed by atoms with Crippen LogP contribution in [0.15, 0.2) is 51.0 Å². The maximum absolute atomic E-state index is 13.7. The minimum atomic E-state index is -5.52. The molecule has 1 saturated heterocycles. The number of halogens is 6. The number of aromatic nitrogens is 2. The zero-order chi connectivity index (χ0) is 30.9.